The summed E-state index contributed by atoms with van der Waals surface area (Å²) in [6.07, 6.45) is 36.4. The van der Waals surface area contributed by atoms with E-state index in [1.807, 2.05) is 22.7 Å². The second kappa shape index (κ2) is 21.5. The Balaban J connectivity index is 0.997. The van der Waals surface area contributed by atoms with Gasteiger partial charge in [-0.2, -0.15) is 0 Å². The lowest BCUT2D eigenvalue weighted by Crippen LogP contribution is -1.84. The predicted molar refractivity (Wildman–Crippen MR) is 239 cm³/mol. The molecule has 280 valence electrons. The molecular formula is C50H68S2. The number of hydrogen-bond donors (Lipinski definition) is 0. The number of hydrogen-bond acceptors (Lipinski definition) is 2. The van der Waals surface area contributed by atoms with Crippen molar-refractivity contribution in [3.63, 3.8) is 0 Å². The molecule has 2 aromatic heterocycles. The fraction of sp³-hybridized carbons (Fsp3) is 0.560. The Labute approximate surface area is 324 Å². The van der Waals surface area contributed by atoms with E-state index in [4.69, 9.17) is 0 Å². The van der Waals surface area contributed by atoms with Crippen molar-refractivity contribution in [2.45, 2.75) is 181 Å². The maximum atomic E-state index is 2.49. The van der Waals surface area contributed by atoms with Crippen LogP contribution in [0.3, 0.4) is 0 Å². The molecule has 6 rings (SSSR count). The standard InChI is InChI=1S/C50H68S2/c1-3-5-7-9-11-13-15-17-19-21-23-25-27-43-35-41-33-39-29-31-46-45(47(39)37-49(41)51-43)32-30-40-34-42-36-44(52-50(42)38-48(40)46)28-26-24-22-20-18-16-14-12-10-8-6-4-2/h29-38H,3-28H2,1-2H3. The summed E-state index contributed by atoms with van der Waals surface area (Å²) in [5, 5.41) is 11.2. The van der Waals surface area contributed by atoms with Crippen LogP contribution in [0.2, 0.25) is 0 Å². The Morgan fingerprint density at radius 2 is 0.635 bits per heavy atom. The van der Waals surface area contributed by atoms with Crippen molar-refractivity contribution in [3.8, 4) is 0 Å². The van der Waals surface area contributed by atoms with E-state index in [1.54, 1.807) is 9.75 Å². The third-order valence-corrected chi connectivity index (χ3v) is 14.1. The lowest BCUT2D eigenvalue weighted by Gasteiger charge is -2.08. The minimum Gasteiger partial charge on any atom is -0.140 e. The molecule has 2 heterocycles. The molecule has 0 aliphatic rings. The third-order valence-electron chi connectivity index (χ3n) is 11.8. The molecule has 0 radical (unpaired) electrons. The van der Waals surface area contributed by atoms with Crippen molar-refractivity contribution < 1.29 is 0 Å². The summed E-state index contributed by atoms with van der Waals surface area (Å²) in [5.74, 6) is 0. The van der Waals surface area contributed by atoms with Gasteiger partial charge in [0, 0.05) is 19.2 Å². The zero-order chi connectivity index (χ0) is 35.8. The average molecular weight is 733 g/mol. The molecule has 0 fully saturated rings. The highest BCUT2D eigenvalue weighted by Crippen LogP contribution is 2.39. The zero-order valence-corrected chi connectivity index (χ0v) is 34.6. The first-order chi connectivity index (χ1) is 25.7. The van der Waals surface area contributed by atoms with Gasteiger partial charge in [0.15, 0.2) is 0 Å². The topological polar surface area (TPSA) is 0 Å². The molecule has 4 aromatic carbocycles. The van der Waals surface area contributed by atoms with E-state index in [9.17, 15) is 0 Å². The van der Waals surface area contributed by atoms with Crippen LogP contribution in [0.15, 0.2) is 60.7 Å². The van der Waals surface area contributed by atoms with Crippen LogP contribution >= 0.6 is 22.7 Å². The van der Waals surface area contributed by atoms with Gasteiger partial charge in [0.2, 0.25) is 0 Å². The minimum absolute atomic E-state index is 1.23. The van der Waals surface area contributed by atoms with Gasteiger partial charge in [-0.05, 0) is 105 Å². The van der Waals surface area contributed by atoms with Crippen molar-refractivity contribution >= 4 is 75.2 Å². The van der Waals surface area contributed by atoms with Crippen molar-refractivity contribution in [3.05, 3.63) is 70.4 Å². The van der Waals surface area contributed by atoms with Gasteiger partial charge < -0.3 is 0 Å². The number of unbranched alkanes of at least 4 members (excludes halogenated alkanes) is 22. The fourth-order valence-corrected chi connectivity index (χ4v) is 10.8. The number of fused-ring (bicyclic) bond motifs is 7. The van der Waals surface area contributed by atoms with Gasteiger partial charge in [-0.15, -0.1) is 22.7 Å². The zero-order valence-electron chi connectivity index (χ0n) is 33.0. The van der Waals surface area contributed by atoms with Crippen LogP contribution in [-0.4, -0.2) is 0 Å². The molecule has 0 saturated carbocycles. The van der Waals surface area contributed by atoms with Crippen LogP contribution in [0.4, 0.5) is 0 Å². The van der Waals surface area contributed by atoms with Gasteiger partial charge in [0.25, 0.3) is 0 Å². The van der Waals surface area contributed by atoms with Gasteiger partial charge >= 0.3 is 0 Å². The van der Waals surface area contributed by atoms with Crippen molar-refractivity contribution in [1.82, 2.24) is 0 Å². The Morgan fingerprint density at radius 1 is 0.308 bits per heavy atom. The molecule has 0 nitrogen and oxygen atoms in total. The van der Waals surface area contributed by atoms with Gasteiger partial charge in [-0.1, -0.05) is 179 Å². The fourth-order valence-electron chi connectivity index (χ4n) is 8.58. The van der Waals surface area contributed by atoms with Crippen LogP contribution in [0.25, 0.3) is 52.5 Å². The molecule has 0 aliphatic heterocycles. The molecule has 0 bridgehead atoms. The number of aryl methyl sites for hydroxylation is 2. The molecular weight excluding hydrogens is 665 g/mol. The lowest BCUT2D eigenvalue weighted by atomic mass is 9.96. The lowest BCUT2D eigenvalue weighted by molar-refractivity contribution is 0.544. The van der Waals surface area contributed by atoms with Crippen LogP contribution < -0.4 is 0 Å². The third kappa shape index (κ3) is 11.3. The van der Waals surface area contributed by atoms with Crippen molar-refractivity contribution in [2.24, 2.45) is 0 Å². The molecule has 52 heavy (non-hydrogen) atoms. The summed E-state index contributed by atoms with van der Waals surface area (Å²) in [6, 6.07) is 24.3. The normalized spacial score (nSPS) is 12.1. The summed E-state index contributed by atoms with van der Waals surface area (Å²) in [6.45, 7) is 4.61. The average Bonchev–Trinajstić information content (AvgIpc) is 3.75. The quantitative estimate of drug-likeness (QED) is 0.0385. The first kappa shape index (κ1) is 39.3. The summed E-state index contributed by atoms with van der Waals surface area (Å²) in [5.41, 5.74) is 0. The number of thiophene rings is 2. The smallest absolute Gasteiger partial charge is 0.0352 e. The summed E-state index contributed by atoms with van der Waals surface area (Å²) in [4.78, 5) is 3.12. The van der Waals surface area contributed by atoms with E-state index in [0.717, 1.165) is 0 Å². The van der Waals surface area contributed by atoms with E-state index in [2.05, 4.69) is 74.5 Å². The number of rotatable bonds is 26. The second-order valence-electron chi connectivity index (χ2n) is 16.2. The molecule has 0 N–H and O–H groups in total. The molecule has 2 heteroatoms. The monoisotopic (exact) mass is 732 g/mol. The SMILES string of the molecule is CCCCCCCCCCCCCCc1cc2cc3ccc4c5cc6sc(CCCCCCCCCCCCCC)cc6cc5ccc4c3cc2s1. The Hall–Kier alpha value is -2.42. The largest absolute Gasteiger partial charge is 0.140 e. The van der Waals surface area contributed by atoms with Gasteiger partial charge in [-0.3, -0.25) is 0 Å². The van der Waals surface area contributed by atoms with Gasteiger partial charge in [0.05, 0.1) is 0 Å². The van der Waals surface area contributed by atoms with E-state index in [0.29, 0.717) is 0 Å². The van der Waals surface area contributed by atoms with Crippen LogP contribution in [-0.2, 0) is 12.8 Å². The summed E-state index contributed by atoms with van der Waals surface area (Å²) >= 11 is 4.06. The van der Waals surface area contributed by atoms with E-state index < -0.39 is 0 Å². The number of benzene rings is 4. The van der Waals surface area contributed by atoms with E-state index in [1.165, 1.54) is 219 Å². The Morgan fingerprint density at radius 3 is 0.981 bits per heavy atom. The Bertz CT molecular complexity index is 1800. The minimum atomic E-state index is 1.23. The van der Waals surface area contributed by atoms with Gasteiger partial charge in [0.1, 0.15) is 0 Å². The Kier molecular flexibility index (Phi) is 16.2. The van der Waals surface area contributed by atoms with Crippen molar-refractivity contribution in [1.29, 1.82) is 0 Å². The first-order valence-corrected chi connectivity index (χ1v) is 23.6. The van der Waals surface area contributed by atoms with Crippen LogP contribution in [0.5, 0.6) is 0 Å². The molecule has 6 aromatic rings. The summed E-state index contributed by atoms with van der Waals surface area (Å²) < 4.78 is 2.90. The molecule has 0 saturated heterocycles. The molecule has 0 unspecified atom stereocenters. The highest BCUT2D eigenvalue weighted by atomic mass is 32.1. The highest BCUT2D eigenvalue weighted by molar-refractivity contribution is 7.19. The highest BCUT2D eigenvalue weighted by Gasteiger charge is 2.11. The predicted octanol–water partition coefficient (Wildman–Crippen LogP) is 18.1. The van der Waals surface area contributed by atoms with E-state index in [-0.39, 0.29) is 0 Å². The van der Waals surface area contributed by atoms with Crippen LogP contribution in [0, 0.1) is 0 Å². The second-order valence-corrected chi connectivity index (χ2v) is 18.5. The maximum absolute atomic E-state index is 2.49. The first-order valence-electron chi connectivity index (χ1n) is 22.0. The van der Waals surface area contributed by atoms with Crippen LogP contribution in [0.1, 0.15) is 178 Å². The maximum Gasteiger partial charge on any atom is 0.0352 e. The van der Waals surface area contributed by atoms with Crippen molar-refractivity contribution in [2.75, 3.05) is 0 Å². The summed E-state index contributed by atoms with van der Waals surface area (Å²) in [7, 11) is 0. The molecule has 0 atom stereocenters. The van der Waals surface area contributed by atoms with Gasteiger partial charge in [-0.25, -0.2) is 0 Å². The van der Waals surface area contributed by atoms with E-state index >= 15 is 0 Å². The molecule has 0 spiro atoms. The molecule has 0 amide bonds. The molecule has 0 aliphatic carbocycles.